The molecule has 2 aliphatic heterocycles. The average molecular weight is 277 g/mol. The van der Waals surface area contributed by atoms with Crippen LogP contribution >= 0.6 is 0 Å². The molecule has 3 heterocycles. The van der Waals surface area contributed by atoms with Crippen molar-refractivity contribution in [2.75, 3.05) is 19.8 Å². The number of hydrogen-bond acceptors (Lipinski definition) is 5. The van der Waals surface area contributed by atoms with Crippen LogP contribution in [0.4, 0.5) is 0 Å². The summed E-state index contributed by atoms with van der Waals surface area (Å²) < 4.78 is 11.2. The Labute approximate surface area is 118 Å². The Bertz CT molecular complexity index is 488. The standard InChI is InChI=1S/C14H19N3O3/c1-10-15-6-5-11(16-10)13(18)17-7-3-2-4-12(17)14-19-8-9-20-14/h5-6,12,14H,2-4,7-9H2,1H3. The third-order valence-electron chi connectivity index (χ3n) is 3.77. The smallest absolute Gasteiger partial charge is 0.273 e. The fourth-order valence-electron chi connectivity index (χ4n) is 2.81. The van der Waals surface area contributed by atoms with Gasteiger partial charge in [0.05, 0.1) is 19.3 Å². The van der Waals surface area contributed by atoms with E-state index in [4.69, 9.17) is 9.47 Å². The zero-order chi connectivity index (χ0) is 13.9. The first-order valence-corrected chi connectivity index (χ1v) is 7.09. The van der Waals surface area contributed by atoms with Gasteiger partial charge in [0.1, 0.15) is 11.5 Å². The summed E-state index contributed by atoms with van der Waals surface area (Å²) in [5, 5.41) is 0. The Kier molecular flexibility index (Phi) is 3.93. The first-order chi connectivity index (χ1) is 9.75. The second-order valence-electron chi connectivity index (χ2n) is 5.16. The quantitative estimate of drug-likeness (QED) is 0.811. The number of carbonyl (C=O) groups excluding carboxylic acids is 1. The van der Waals surface area contributed by atoms with Crippen LogP contribution in [0.25, 0.3) is 0 Å². The van der Waals surface area contributed by atoms with E-state index in [1.54, 1.807) is 19.2 Å². The fourth-order valence-corrected chi connectivity index (χ4v) is 2.81. The van der Waals surface area contributed by atoms with E-state index in [0.717, 1.165) is 25.8 Å². The van der Waals surface area contributed by atoms with Gasteiger partial charge in [-0.15, -0.1) is 0 Å². The SMILES string of the molecule is Cc1nccc(C(=O)N2CCCCC2C2OCCO2)n1. The average Bonchev–Trinajstić information content (AvgIpc) is 3.00. The van der Waals surface area contributed by atoms with Crippen molar-refractivity contribution in [1.82, 2.24) is 14.9 Å². The molecule has 6 nitrogen and oxygen atoms in total. The van der Waals surface area contributed by atoms with Crippen molar-refractivity contribution >= 4 is 5.91 Å². The molecule has 3 rings (SSSR count). The Morgan fingerprint density at radius 2 is 2.15 bits per heavy atom. The number of nitrogens with zero attached hydrogens (tertiary/aromatic N) is 3. The van der Waals surface area contributed by atoms with Crippen molar-refractivity contribution in [3.05, 3.63) is 23.8 Å². The minimum atomic E-state index is -0.290. The largest absolute Gasteiger partial charge is 0.348 e. The molecule has 0 bridgehead atoms. The maximum Gasteiger partial charge on any atom is 0.273 e. The van der Waals surface area contributed by atoms with Crippen molar-refractivity contribution in [2.45, 2.75) is 38.5 Å². The Hall–Kier alpha value is -1.53. The number of carbonyl (C=O) groups is 1. The second-order valence-corrected chi connectivity index (χ2v) is 5.16. The Morgan fingerprint density at radius 1 is 1.35 bits per heavy atom. The van der Waals surface area contributed by atoms with Gasteiger partial charge in [0.15, 0.2) is 6.29 Å². The second kappa shape index (κ2) is 5.85. The molecule has 2 fully saturated rings. The monoisotopic (exact) mass is 277 g/mol. The van der Waals surface area contributed by atoms with Gasteiger partial charge in [0.25, 0.3) is 5.91 Å². The van der Waals surface area contributed by atoms with Gasteiger partial charge in [-0.2, -0.15) is 0 Å². The minimum absolute atomic E-state index is 0.00554. The lowest BCUT2D eigenvalue weighted by atomic mass is 10.0. The predicted molar refractivity (Wildman–Crippen MR) is 71.1 cm³/mol. The number of hydrogen-bond donors (Lipinski definition) is 0. The zero-order valence-electron chi connectivity index (χ0n) is 11.6. The van der Waals surface area contributed by atoms with Crippen molar-refractivity contribution in [3.63, 3.8) is 0 Å². The van der Waals surface area contributed by atoms with Crippen LogP contribution in [-0.4, -0.2) is 52.9 Å². The van der Waals surface area contributed by atoms with E-state index < -0.39 is 0 Å². The number of piperidine rings is 1. The summed E-state index contributed by atoms with van der Waals surface area (Å²) >= 11 is 0. The van der Waals surface area contributed by atoms with E-state index in [1.165, 1.54) is 0 Å². The normalized spacial score (nSPS) is 24.1. The molecule has 1 aromatic rings. The molecule has 1 aromatic heterocycles. The molecule has 20 heavy (non-hydrogen) atoms. The number of aryl methyl sites for hydroxylation is 1. The highest BCUT2D eigenvalue weighted by molar-refractivity contribution is 5.92. The van der Waals surface area contributed by atoms with E-state index in [9.17, 15) is 4.79 Å². The van der Waals surface area contributed by atoms with Crippen LogP contribution in [0.1, 0.15) is 35.6 Å². The van der Waals surface area contributed by atoms with Gasteiger partial charge in [-0.25, -0.2) is 9.97 Å². The summed E-state index contributed by atoms with van der Waals surface area (Å²) in [4.78, 5) is 22.8. The summed E-state index contributed by atoms with van der Waals surface area (Å²) in [6.07, 6.45) is 4.36. The van der Waals surface area contributed by atoms with Gasteiger partial charge in [0.2, 0.25) is 0 Å². The summed E-state index contributed by atoms with van der Waals surface area (Å²) in [6, 6.07) is 1.66. The molecular formula is C14H19N3O3. The molecular weight excluding hydrogens is 258 g/mol. The van der Waals surface area contributed by atoms with Crippen LogP contribution in [0.2, 0.25) is 0 Å². The molecule has 2 aliphatic rings. The molecule has 1 atom stereocenters. The van der Waals surface area contributed by atoms with Crippen LogP contribution in [0, 0.1) is 6.92 Å². The molecule has 0 aromatic carbocycles. The van der Waals surface area contributed by atoms with E-state index in [2.05, 4.69) is 9.97 Å². The van der Waals surface area contributed by atoms with Crippen LogP contribution in [-0.2, 0) is 9.47 Å². The minimum Gasteiger partial charge on any atom is -0.348 e. The van der Waals surface area contributed by atoms with E-state index in [1.807, 2.05) is 4.90 Å². The maximum absolute atomic E-state index is 12.6. The van der Waals surface area contributed by atoms with Gasteiger partial charge >= 0.3 is 0 Å². The Balaban J connectivity index is 1.80. The highest BCUT2D eigenvalue weighted by atomic mass is 16.7. The lowest BCUT2D eigenvalue weighted by molar-refractivity contribution is -0.100. The number of amides is 1. The zero-order valence-corrected chi connectivity index (χ0v) is 11.6. The Morgan fingerprint density at radius 3 is 2.90 bits per heavy atom. The third-order valence-corrected chi connectivity index (χ3v) is 3.77. The van der Waals surface area contributed by atoms with Crippen LogP contribution in [0.5, 0.6) is 0 Å². The molecule has 0 aliphatic carbocycles. The summed E-state index contributed by atoms with van der Waals surface area (Å²) in [5.41, 5.74) is 0.447. The number of likely N-dealkylation sites (tertiary alicyclic amines) is 1. The van der Waals surface area contributed by atoms with Gasteiger partial charge in [-0.05, 0) is 32.3 Å². The lowest BCUT2D eigenvalue weighted by Gasteiger charge is -2.37. The van der Waals surface area contributed by atoms with Crippen molar-refractivity contribution in [1.29, 1.82) is 0 Å². The van der Waals surface area contributed by atoms with Crippen molar-refractivity contribution in [3.8, 4) is 0 Å². The number of ether oxygens (including phenoxy) is 2. The molecule has 2 saturated heterocycles. The highest BCUT2D eigenvalue weighted by Gasteiger charge is 2.36. The molecule has 1 unspecified atom stereocenters. The molecule has 0 saturated carbocycles. The molecule has 108 valence electrons. The number of rotatable bonds is 2. The topological polar surface area (TPSA) is 64.6 Å². The first kappa shape index (κ1) is 13.5. The molecule has 1 amide bonds. The fraction of sp³-hybridized carbons (Fsp3) is 0.643. The first-order valence-electron chi connectivity index (χ1n) is 7.09. The summed E-state index contributed by atoms with van der Waals surface area (Å²) in [6.45, 7) is 3.73. The van der Waals surface area contributed by atoms with E-state index in [0.29, 0.717) is 24.7 Å². The molecule has 0 spiro atoms. The summed E-state index contributed by atoms with van der Waals surface area (Å²) in [7, 11) is 0. The molecule has 6 heteroatoms. The van der Waals surface area contributed by atoms with Gasteiger partial charge in [-0.3, -0.25) is 4.79 Å². The molecule has 0 radical (unpaired) electrons. The molecule has 0 N–H and O–H groups in total. The lowest BCUT2D eigenvalue weighted by Crippen LogP contribution is -2.50. The van der Waals surface area contributed by atoms with Crippen molar-refractivity contribution in [2.24, 2.45) is 0 Å². The maximum atomic E-state index is 12.6. The van der Waals surface area contributed by atoms with Gasteiger partial charge in [-0.1, -0.05) is 0 Å². The van der Waals surface area contributed by atoms with Gasteiger partial charge < -0.3 is 14.4 Å². The van der Waals surface area contributed by atoms with Crippen LogP contribution < -0.4 is 0 Å². The highest BCUT2D eigenvalue weighted by Crippen LogP contribution is 2.25. The van der Waals surface area contributed by atoms with Crippen molar-refractivity contribution < 1.29 is 14.3 Å². The third kappa shape index (κ3) is 2.66. The number of aromatic nitrogens is 2. The van der Waals surface area contributed by atoms with Gasteiger partial charge in [0, 0.05) is 12.7 Å². The van der Waals surface area contributed by atoms with E-state index >= 15 is 0 Å². The van der Waals surface area contributed by atoms with E-state index in [-0.39, 0.29) is 18.2 Å². The summed E-state index contributed by atoms with van der Waals surface area (Å²) in [5.74, 6) is 0.553. The predicted octanol–water partition coefficient (Wildman–Crippen LogP) is 1.15. The van der Waals surface area contributed by atoms with Crippen LogP contribution in [0.15, 0.2) is 12.3 Å². The van der Waals surface area contributed by atoms with Crippen LogP contribution in [0.3, 0.4) is 0 Å².